The summed E-state index contributed by atoms with van der Waals surface area (Å²) in [6, 6.07) is 11.1. The molecule has 0 bridgehead atoms. The average molecular weight is 490 g/mol. The zero-order valence-corrected chi connectivity index (χ0v) is 18.7. The van der Waals surface area contributed by atoms with Crippen LogP contribution in [0.1, 0.15) is 0 Å². The van der Waals surface area contributed by atoms with Gasteiger partial charge in [0, 0.05) is 48.4 Å². The highest BCUT2D eigenvalue weighted by molar-refractivity contribution is 5.99. The number of amides is 2. The minimum Gasteiger partial charge on any atom is -0.454 e. The number of nitrogens with one attached hydrogen (secondary N) is 2. The lowest BCUT2D eigenvalue weighted by Crippen LogP contribution is -2.19. The first kappa shape index (κ1) is 22.8. The number of anilines is 2. The van der Waals surface area contributed by atoms with Crippen LogP contribution in [0.2, 0.25) is 0 Å². The molecule has 5 rings (SSSR count). The lowest BCUT2D eigenvalue weighted by molar-refractivity contribution is 0.262. The second-order valence-corrected chi connectivity index (χ2v) is 7.77. The van der Waals surface area contributed by atoms with Crippen LogP contribution < -0.4 is 15.4 Å². The number of hydrogen-bond acceptors (Lipinski definition) is 5. The molecule has 2 aromatic heterocycles. The van der Waals surface area contributed by atoms with E-state index in [9.17, 15) is 18.0 Å². The van der Waals surface area contributed by atoms with Crippen molar-refractivity contribution in [1.82, 2.24) is 19.7 Å². The maximum absolute atomic E-state index is 14.5. The third kappa shape index (κ3) is 4.94. The van der Waals surface area contributed by atoms with Crippen molar-refractivity contribution in [2.75, 3.05) is 10.6 Å². The van der Waals surface area contributed by atoms with Crippen LogP contribution in [0.4, 0.5) is 29.3 Å². The van der Waals surface area contributed by atoms with Crippen molar-refractivity contribution >= 4 is 28.4 Å². The number of aromatic nitrogens is 4. The standard InChI is InChI=1S/C25H17F3N6O2/c1-34-13-14(11-30-34)22-12-29-20-6-5-18(10-21(20)33-22)36-23-9-17(8-19(27)24(23)28)32-25(35)31-16-4-2-3-15(26)7-16/h2-13H,1H3,(H2,31,32,35). The number of nitrogens with zero attached hydrogens (tertiary/aromatic N) is 4. The number of urea groups is 1. The molecule has 180 valence electrons. The Morgan fingerprint density at radius 2 is 1.78 bits per heavy atom. The van der Waals surface area contributed by atoms with Crippen LogP contribution >= 0.6 is 0 Å². The van der Waals surface area contributed by atoms with Gasteiger partial charge in [0.1, 0.15) is 11.6 Å². The third-order valence-electron chi connectivity index (χ3n) is 5.08. The molecular weight excluding hydrogens is 473 g/mol. The molecule has 0 saturated heterocycles. The molecule has 0 aliphatic carbocycles. The summed E-state index contributed by atoms with van der Waals surface area (Å²) in [5.74, 6) is -3.27. The largest absolute Gasteiger partial charge is 0.454 e. The van der Waals surface area contributed by atoms with Crippen molar-refractivity contribution in [2.24, 2.45) is 7.05 Å². The molecule has 2 N–H and O–H groups in total. The molecular formula is C25H17F3N6O2. The van der Waals surface area contributed by atoms with Gasteiger partial charge < -0.3 is 15.4 Å². The summed E-state index contributed by atoms with van der Waals surface area (Å²) in [5.41, 5.74) is 2.51. The molecule has 36 heavy (non-hydrogen) atoms. The Bertz CT molecular complexity index is 1600. The van der Waals surface area contributed by atoms with E-state index in [1.807, 2.05) is 0 Å². The SMILES string of the molecule is Cn1cc(-c2cnc3ccc(Oc4cc(NC(=O)Nc5cccc(F)c5)cc(F)c4F)cc3n2)cn1. The molecule has 0 aliphatic heterocycles. The highest BCUT2D eigenvalue weighted by atomic mass is 19.2. The minimum atomic E-state index is -1.23. The van der Waals surface area contributed by atoms with Crippen LogP contribution in [0.15, 0.2) is 73.2 Å². The minimum absolute atomic E-state index is 0.0720. The zero-order valence-electron chi connectivity index (χ0n) is 18.7. The van der Waals surface area contributed by atoms with Crippen LogP contribution in [-0.2, 0) is 7.05 Å². The molecule has 5 aromatic rings. The van der Waals surface area contributed by atoms with E-state index in [0.29, 0.717) is 16.7 Å². The fourth-order valence-corrected chi connectivity index (χ4v) is 3.44. The lowest BCUT2D eigenvalue weighted by atomic mass is 10.2. The monoisotopic (exact) mass is 490 g/mol. The predicted molar refractivity (Wildman–Crippen MR) is 127 cm³/mol. The summed E-state index contributed by atoms with van der Waals surface area (Å²) < 4.78 is 49.3. The van der Waals surface area contributed by atoms with E-state index in [1.165, 1.54) is 30.3 Å². The van der Waals surface area contributed by atoms with E-state index < -0.39 is 29.2 Å². The molecule has 2 amide bonds. The Labute approximate surface area is 202 Å². The fraction of sp³-hybridized carbons (Fsp3) is 0.0400. The summed E-state index contributed by atoms with van der Waals surface area (Å²) >= 11 is 0. The molecule has 0 fully saturated rings. The Balaban J connectivity index is 1.38. The summed E-state index contributed by atoms with van der Waals surface area (Å²) in [7, 11) is 1.78. The number of hydrogen-bond donors (Lipinski definition) is 2. The van der Waals surface area contributed by atoms with Crippen molar-refractivity contribution in [2.45, 2.75) is 0 Å². The maximum atomic E-state index is 14.5. The fourth-order valence-electron chi connectivity index (χ4n) is 3.44. The van der Waals surface area contributed by atoms with Gasteiger partial charge in [-0.25, -0.2) is 18.6 Å². The van der Waals surface area contributed by atoms with E-state index in [0.717, 1.165) is 23.8 Å². The van der Waals surface area contributed by atoms with E-state index >= 15 is 0 Å². The van der Waals surface area contributed by atoms with E-state index in [2.05, 4.69) is 25.7 Å². The Morgan fingerprint density at radius 1 is 0.944 bits per heavy atom. The van der Waals surface area contributed by atoms with Crippen LogP contribution in [0.3, 0.4) is 0 Å². The van der Waals surface area contributed by atoms with Crippen LogP contribution in [0, 0.1) is 17.5 Å². The molecule has 0 spiro atoms. The Morgan fingerprint density at radius 3 is 2.56 bits per heavy atom. The first-order chi connectivity index (χ1) is 17.3. The highest BCUT2D eigenvalue weighted by Gasteiger charge is 2.16. The summed E-state index contributed by atoms with van der Waals surface area (Å²) in [6.45, 7) is 0. The number of fused-ring (bicyclic) bond motifs is 1. The molecule has 0 radical (unpaired) electrons. The average Bonchev–Trinajstić information content (AvgIpc) is 3.28. The summed E-state index contributed by atoms with van der Waals surface area (Å²) in [6.07, 6.45) is 5.05. The van der Waals surface area contributed by atoms with Gasteiger partial charge >= 0.3 is 6.03 Å². The van der Waals surface area contributed by atoms with Crippen molar-refractivity contribution in [3.8, 4) is 22.8 Å². The van der Waals surface area contributed by atoms with E-state index in [1.54, 1.807) is 36.4 Å². The van der Waals surface area contributed by atoms with Crippen LogP contribution in [0.25, 0.3) is 22.3 Å². The van der Waals surface area contributed by atoms with Gasteiger partial charge in [0.25, 0.3) is 0 Å². The van der Waals surface area contributed by atoms with Gasteiger partial charge in [-0.05, 0) is 30.3 Å². The van der Waals surface area contributed by atoms with Crippen molar-refractivity contribution in [3.05, 3.63) is 90.6 Å². The molecule has 0 aliphatic rings. The lowest BCUT2D eigenvalue weighted by Gasteiger charge is -2.12. The van der Waals surface area contributed by atoms with Crippen LogP contribution in [-0.4, -0.2) is 25.8 Å². The van der Waals surface area contributed by atoms with Crippen molar-refractivity contribution in [1.29, 1.82) is 0 Å². The van der Waals surface area contributed by atoms with Crippen molar-refractivity contribution < 1.29 is 22.7 Å². The molecule has 0 unspecified atom stereocenters. The first-order valence-corrected chi connectivity index (χ1v) is 10.6. The van der Waals surface area contributed by atoms with Gasteiger partial charge in [-0.2, -0.15) is 9.49 Å². The van der Waals surface area contributed by atoms with E-state index in [-0.39, 0.29) is 17.1 Å². The summed E-state index contributed by atoms with van der Waals surface area (Å²) in [4.78, 5) is 21.1. The highest BCUT2D eigenvalue weighted by Crippen LogP contribution is 2.31. The predicted octanol–water partition coefficient (Wildman–Crippen LogP) is 5.88. The van der Waals surface area contributed by atoms with Gasteiger partial charge in [0.15, 0.2) is 11.6 Å². The number of rotatable bonds is 5. The third-order valence-corrected chi connectivity index (χ3v) is 5.08. The number of benzene rings is 3. The molecule has 0 atom stereocenters. The molecule has 0 saturated carbocycles. The van der Waals surface area contributed by atoms with E-state index in [4.69, 9.17) is 4.74 Å². The quantitative estimate of drug-likeness (QED) is 0.321. The number of halogens is 3. The van der Waals surface area contributed by atoms with Gasteiger partial charge in [-0.3, -0.25) is 9.67 Å². The molecule has 2 heterocycles. The number of ether oxygens (including phenoxy) is 1. The summed E-state index contributed by atoms with van der Waals surface area (Å²) in [5, 5.41) is 8.89. The molecule has 11 heteroatoms. The smallest absolute Gasteiger partial charge is 0.323 e. The molecule has 8 nitrogen and oxygen atoms in total. The first-order valence-electron chi connectivity index (χ1n) is 10.6. The second-order valence-electron chi connectivity index (χ2n) is 7.77. The Kier molecular flexibility index (Phi) is 5.95. The number of carbonyl (C=O) groups is 1. The van der Waals surface area contributed by atoms with Gasteiger partial charge in [-0.15, -0.1) is 0 Å². The van der Waals surface area contributed by atoms with Gasteiger partial charge in [0.05, 0.1) is 29.1 Å². The number of carbonyl (C=O) groups excluding carboxylic acids is 1. The normalized spacial score (nSPS) is 10.9. The number of aryl methyl sites for hydroxylation is 1. The topological polar surface area (TPSA) is 94.0 Å². The Hall–Kier alpha value is -4.93. The zero-order chi connectivity index (χ0) is 25.2. The van der Waals surface area contributed by atoms with Crippen LogP contribution in [0.5, 0.6) is 11.5 Å². The van der Waals surface area contributed by atoms with Gasteiger partial charge in [0.2, 0.25) is 5.82 Å². The maximum Gasteiger partial charge on any atom is 0.323 e. The second kappa shape index (κ2) is 9.37. The van der Waals surface area contributed by atoms with Gasteiger partial charge in [-0.1, -0.05) is 6.07 Å². The van der Waals surface area contributed by atoms with Crippen molar-refractivity contribution in [3.63, 3.8) is 0 Å². The molecule has 3 aromatic carbocycles.